The van der Waals surface area contributed by atoms with Crippen molar-refractivity contribution in [3.8, 4) is 11.8 Å². The van der Waals surface area contributed by atoms with Gasteiger partial charge in [0.05, 0.1) is 17.7 Å². The van der Waals surface area contributed by atoms with Crippen LogP contribution in [0.1, 0.15) is 0 Å². The Hall–Kier alpha value is -2.85. The molecule has 0 unspecified atom stereocenters. The van der Waals surface area contributed by atoms with Crippen molar-refractivity contribution in [2.24, 2.45) is 0 Å². The molecule has 0 fully saturated rings. The molecule has 2 aromatic carbocycles. The van der Waals surface area contributed by atoms with Gasteiger partial charge < -0.3 is 9.64 Å². The van der Waals surface area contributed by atoms with Gasteiger partial charge >= 0.3 is 0 Å². The number of anilines is 2. The first kappa shape index (κ1) is 15.1. The third kappa shape index (κ3) is 2.43. The number of hydrogen-bond acceptors (Lipinski definition) is 5. The van der Waals surface area contributed by atoms with Crippen LogP contribution in [0.2, 0.25) is 0 Å². The van der Waals surface area contributed by atoms with E-state index in [1.165, 1.54) is 30.3 Å². The summed E-state index contributed by atoms with van der Waals surface area (Å²) in [5.74, 6) is -0.108. The number of fused-ring (bicyclic) bond motifs is 1. The Bertz CT molecular complexity index is 962. The lowest BCUT2D eigenvalue weighted by Gasteiger charge is -2.27. The van der Waals surface area contributed by atoms with Crippen LogP contribution in [0.3, 0.4) is 0 Å². The van der Waals surface area contributed by atoms with Crippen molar-refractivity contribution in [3.05, 3.63) is 59.4 Å². The number of sulfone groups is 1. The molecule has 1 aliphatic rings. The largest absolute Gasteiger partial charge is 0.497 e. The highest BCUT2D eigenvalue weighted by molar-refractivity contribution is 7.95. The first-order valence-corrected chi connectivity index (χ1v) is 8.05. The van der Waals surface area contributed by atoms with Crippen molar-refractivity contribution in [1.82, 2.24) is 0 Å². The maximum Gasteiger partial charge on any atom is 0.220 e. The molecule has 0 saturated carbocycles. The van der Waals surface area contributed by atoms with Gasteiger partial charge in [0.25, 0.3) is 0 Å². The molecule has 0 N–H and O–H groups in total. The molecule has 0 saturated heterocycles. The Labute approximate surface area is 132 Å². The second-order valence-corrected chi connectivity index (χ2v) is 6.68. The number of halogens is 1. The minimum Gasteiger partial charge on any atom is -0.497 e. The van der Waals surface area contributed by atoms with Crippen molar-refractivity contribution in [1.29, 1.82) is 5.26 Å². The van der Waals surface area contributed by atoms with E-state index in [4.69, 9.17) is 10.00 Å². The minimum atomic E-state index is -4.02. The number of rotatable bonds is 2. The van der Waals surface area contributed by atoms with Crippen LogP contribution in [0.5, 0.6) is 5.75 Å². The Morgan fingerprint density at radius 3 is 2.70 bits per heavy atom. The van der Waals surface area contributed by atoms with Crippen LogP contribution in [0.4, 0.5) is 15.8 Å². The van der Waals surface area contributed by atoms with Gasteiger partial charge in [-0.1, -0.05) is 6.07 Å². The van der Waals surface area contributed by atoms with E-state index in [0.717, 1.165) is 6.07 Å². The molecule has 0 aliphatic carbocycles. The molecule has 116 valence electrons. The smallest absolute Gasteiger partial charge is 0.220 e. The third-order valence-electron chi connectivity index (χ3n) is 3.45. The third-order valence-corrected chi connectivity index (χ3v) is 5.13. The molecule has 0 aromatic heterocycles. The summed E-state index contributed by atoms with van der Waals surface area (Å²) in [6, 6.07) is 12.0. The molecule has 0 bridgehead atoms. The van der Waals surface area contributed by atoms with Gasteiger partial charge in [-0.25, -0.2) is 12.8 Å². The van der Waals surface area contributed by atoms with E-state index < -0.39 is 20.6 Å². The van der Waals surface area contributed by atoms with Crippen molar-refractivity contribution >= 4 is 21.2 Å². The standard InChI is InChI=1S/C16H11FN2O3S/c1-22-13-4-2-3-12(8-13)19-10-14(9-18)23(20,21)16-7-11(17)5-6-15(16)19/h2-8,10H,1H3. The monoisotopic (exact) mass is 330 g/mol. The van der Waals surface area contributed by atoms with E-state index in [9.17, 15) is 12.8 Å². The molecular formula is C16H11FN2O3S. The van der Waals surface area contributed by atoms with E-state index in [1.807, 2.05) is 0 Å². The highest BCUT2D eigenvalue weighted by Crippen LogP contribution is 2.40. The van der Waals surface area contributed by atoms with Crippen LogP contribution in [0, 0.1) is 17.1 Å². The number of allylic oxidation sites excluding steroid dienone is 1. The zero-order chi connectivity index (χ0) is 16.6. The normalized spacial score (nSPS) is 15.3. The Morgan fingerprint density at radius 1 is 1.22 bits per heavy atom. The Kier molecular flexibility index (Phi) is 3.54. The van der Waals surface area contributed by atoms with Crippen molar-refractivity contribution in [2.75, 3.05) is 12.0 Å². The zero-order valence-corrected chi connectivity index (χ0v) is 12.8. The Balaban J connectivity index is 2.28. The summed E-state index contributed by atoms with van der Waals surface area (Å²) in [5, 5.41) is 9.14. The predicted molar refractivity (Wildman–Crippen MR) is 82.4 cm³/mol. The van der Waals surface area contributed by atoms with Crippen LogP contribution in [0.25, 0.3) is 0 Å². The van der Waals surface area contributed by atoms with Gasteiger partial charge in [-0.15, -0.1) is 0 Å². The number of ether oxygens (including phenoxy) is 1. The molecule has 1 aliphatic heterocycles. The summed E-state index contributed by atoms with van der Waals surface area (Å²) < 4.78 is 43.4. The number of hydrogen-bond donors (Lipinski definition) is 0. The van der Waals surface area contributed by atoms with Crippen LogP contribution in [-0.2, 0) is 9.84 Å². The van der Waals surface area contributed by atoms with E-state index in [0.29, 0.717) is 11.4 Å². The van der Waals surface area contributed by atoms with Gasteiger partial charge in [0.2, 0.25) is 9.84 Å². The number of nitriles is 1. The van der Waals surface area contributed by atoms with Gasteiger partial charge in [0.1, 0.15) is 17.6 Å². The average molecular weight is 330 g/mol. The van der Waals surface area contributed by atoms with Crippen molar-refractivity contribution < 1.29 is 17.5 Å². The summed E-state index contributed by atoms with van der Waals surface area (Å²) in [6.07, 6.45) is 1.23. The highest BCUT2D eigenvalue weighted by atomic mass is 32.2. The summed E-state index contributed by atoms with van der Waals surface area (Å²) >= 11 is 0. The maximum absolute atomic E-state index is 13.5. The lowest BCUT2D eigenvalue weighted by atomic mass is 10.2. The summed E-state index contributed by atoms with van der Waals surface area (Å²) in [6.45, 7) is 0. The van der Waals surface area contributed by atoms with E-state index in [2.05, 4.69) is 0 Å². The van der Waals surface area contributed by atoms with Crippen LogP contribution in [0.15, 0.2) is 58.5 Å². The van der Waals surface area contributed by atoms with E-state index in [1.54, 1.807) is 30.3 Å². The molecule has 23 heavy (non-hydrogen) atoms. The molecule has 0 amide bonds. The highest BCUT2D eigenvalue weighted by Gasteiger charge is 2.32. The van der Waals surface area contributed by atoms with Gasteiger partial charge in [-0.2, -0.15) is 5.26 Å². The quantitative estimate of drug-likeness (QED) is 0.846. The molecule has 5 nitrogen and oxygen atoms in total. The number of benzene rings is 2. The lowest BCUT2D eigenvalue weighted by molar-refractivity contribution is 0.415. The van der Waals surface area contributed by atoms with Crippen LogP contribution >= 0.6 is 0 Å². The van der Waals surface area contributed by atoms with Gasteiger partial charge in [0.15, 0.2) is 4.91 Å². The molecule has 3 rings (SSSR count). The molecule has 0 atom stereocenters. The summed E-state index contributed by atoms with van der Waals surface area (Å²) in [5.41, 5.74) is 0.874. The number of nitrogens with zero attached hydrogens (tertiary/aromatic N) is 2. The van der Waals surface area contributed by atoms with Gasteiger partial charge in [-0.3, -0.25) is 0 Å². The summed E-state index contributed by atoms with van der Waals surface area (Å²) in [4.78, 5) is 0.842. The van der Waals surface area contributed by atoms with Gasteiger partial charge in [0, 0.05) is 18.0 Å². The van der Waals surface area contributed by atoms with Crippen molar-refractivity contribution in [2.45, 2.75) is 4.90 Å². The molecular weight excluding hydrogens is 319 g/mol. The minimum absolute atomic E-state index is 0.237. The van der Waals surface area contributed by atoms with E-state index in [-0.39, 0.29) is 10.6 Å². The maximum atomic E-state index is 13.5. The first-order chi connectivity index (χ1) is 11.0. The first-order valence-electron chi connectivity index (χ1n) is 6.57. The van der Waals surface area contributed by atoms with E-state index >= 15 is 0 Å². The SMILES string of the molecule is COc1cccc(N2C=C(C#N)S(=O)(=O)c3cc(F)ccc32)c1. The molecule has 0 radical (unpaired) electrons. The molecule has 2 aromatic rings. The second kappa shape index (κ2) is 5.41. The van der Waals surface area contributed by atoms with Crippen LogP contribution < -0.4 is 9.64 Å². The predicted octanol–water partition coefficient (Wildman–Crippen LogP) is 3.12. The summed E-state index contributed by atoms with van der Waals surface area (Å²) in [7, 11) is -2.51. The van der Waals surface area contributed by atoms with Gasteiger partial charge in [-0.05, 0) is 30.3 Å². The molecule has 7 heteroatoms. The molecule has 0 spiro atoms. The fraction of sp³-hybridized carbons (Fsp3) is 0.0625. The fourth-order valence-corrected chi connectivity index (χ4v) is 3.65. The Morgan fingerprint density at radius 2 is 2.00 bits per heavy atom. The zero-order valence-electron chi connectivity index (χ0n) is 12.0. The fourth-order valence-electron chi connectivity index (χ4n) is 2.34. The average Bonchev–Trinajstić information content (AvgIpc) is 2.55. The van der Waals surface area contributed by atoms with Crippen molar-refractivity contribution in [3.63, 3.8) is 0 Å². The number of methoxy groups -OCH3 is 1. The topological polar surface area (TPSA) is 70.4 Å². The lowest BCUT2D eigenvalue weighted by Crippen LogP contribution is -2.21. The van der Waals surface area contributed by atoms with Crippen LogP contribution in [-0.4, -0.2) is 15.5 Å². The molecule has 1 heterocycles. The second-order valence-electron chi connectivity index (χ2n) is 4.79.